The molecule has 2 rings (SSSR count). The maximum atomic E-state index is 12.9. The van der Waals surface area contributed by atoms with Gasteiger partial charge in [0, 0.05) is 11.3 Å². The molecular formula is C15H12ClF3N4OS. The number of thiocarbonyl (C=S) groups is 1. The number of halogens is 4. The Kier molecular flexibility index (Phi) is 5.39. The Bertz CT molecular complexity index is 825. The second-order valence-electron chi connectivity index (χ2n) is 4.94. The van der Waals surface area contributed by atoms with Crippen LogP contribution in [0, 0.1) is 0 Å². The molecule has 0 aliphatic heterocycles. The molecular weight excluding hydrogens is 377 g/mol. The third kappa shape index (κ3) is 4.74. The van der Waals surface area contributed by atoms with Crippen molar-refractivity contribution in [3.05, 3.63) is 52.5 Å². The van der Waals surface area contributed by atoms with E-state index in [2.05, 4.69) is 10.6 Å². The summed E-state index contributed by atoms with van der Waals surface area (Å²) < 4.78 is 38.6. The second kappa shape index (κ2) is 7.16. The summed E-state index contributed by atoms with van der Waals surface area (Å²) in [7, 11) is 0. The molecule has 0 bridgehead atoms. The zero-order valence-electron chi connectivity index (χ0n) is 12.4. The van der Waals surface area contributed by atoms with Crippen LogP contribution in [0.2, 0.25) is 5.02 Å². The Morgan fingerprint density at radius 2 is 1.72 bits per heavy atom. The van der Waals surface area contributed by atoms with Crippen molar-refractivity contribution < 1.29 is 18.0 Å². The number of nitrogens with one attached hydrogen (secondary N) is 2. The van der Waals surface area contributed by atoms with Gasteiger partial charge >= 0.3 is 6.18 Å². The lowest BCUT2D eigenvalue weighted by atomic mass is 10.1. The minimum absolute atomic E-state index is 0.00563. The molecule has 0 fully saturated rings. The van der Waals surface area contributed by atoms with Gasteiger partial charge in [-0.25, -0.2) is 0 Å². The Morgan fingerprint density at radius 1 is 1.12 bits per heavy atom. The molecule has 0 saturated carbocycles. The van der Waals surface area contributed by atoms with Crippen LogP contribution >= 0.6 is 23.8 Å². The Morgan fingerprint density at radius 3 is 2.24 bits per heavy atom. The van der Waals surface area contributed by atoms with Gasteiger partial charge in [0.2, 0.25) is 5.91 Å². The molecule has 0 aliphatic rings. The predicted octanol–water partition coefficient (Wildman–Crippen LogP) is 3.85. The molecule has 6 N–H and O–H groups in total. The normalized spacial score (nSPS) is 11.0. The van der Waals surface area contributed by atoms with E-state index in [4.69, 9.17) is 35.3 Å². The first-order valence-corrected chi connectivity index (χ1v) is 7.50. The number of benzene rings is 2. The first kappa shape index (κ1) is 18.8. The van der Waals surface area contributed by atoms with E-state index in [1.807, 2.05) is 0 Å². The third-order valence-corrected chi connectivity index (χ3v) is 3.65. The van der Waals surface area contributed by atoms with Crippen LogP contribution in [0.5, 0.6) is 0 Å². The summed E-state index contributed by atoms with van der Waals surface area (Å²) in [5.41, 5.74) is 10.5. The van der Waals surface area contributed by atoms with E-state index in [1.165, 1.54) is 24.3 Å². The first-order chi connectivity index (χ1) is 11.6. The van der Waals surface area contributed by atoms with Crippen molar-refractivity contribution in [1.29, 1.82) is 0 Å². The number of primary amides is 1. The number of hydrogen-bond donors (Lipinski definition) is 4. The lowest BCUT2D eigenvalue weighted by Crippen LogP contribution is -2.20. The molecule has 0 saturated heterocycles. The molecule has 0 unspecified atom stereocenters. The van der Waals surface area contributed by atoms with Crippen LogP contribution in [0.1, 0.15) is 15.9 Å². The largest absolute Gasteiger partial charge is 0.416 e. The van der Waals surface area contributed by atoms with Gasteiger partial charge in [-0.1, -0.05) is 11.6 Å². The molecule has 5 nitrogen and oxygen atoms in total. The van der Waals surface area contributed by atoms with Crippen LogP contribution in [0.25, 0.3) is 0 Å². The Balaban J connectivity index is 2.17. The number of nitrogens with two attached hydrogens (primary N) is 2. The molecule has 1 amide bonds. The van der Waals surface area contributed by atoms with Crippen LogP contribution in [0.4, 0.5) is 30.2 Å². The van der Waals surface area contributed by atoms with Crippen molar-refractivity contribution in [2.75, 3.05) is 16.4 Å². The summed E-state index contributed by atoms with van der Waals surface area (Å²) >= 11 is 10.8. The molecule has 10 heteroatoms. The van der Waals surface area contributed by atoms with E-state index in [0.717, 1.165) is 12.1 Å². The van der Waals surface area contributed by atoms with E-state index in [-0.39, 0.29) is 21.5 Å². The summed E-state index contributed by atoms with van der Waals surface area (Å²) in [5.74, 6) is -0.585. The van der Waals surface area contributed by atoms with Gasteiger partial charge in [-0.15, -0.1) is 0 Å². The maximum absolute atomic E-state index is 12.9. The zero-order valence-corrected chi connectivity index (χ0v) is 14.0. The molecule has 0 aromatic heterocycles. The van der Waals surface area contributed by atoms with Crippen molar-refractivity contribution in [1.82, 2.24) is 0 Å². The lowest BCUT2D eigenvalue weighted by molar-refractivity contribution is -0.137. The predicted molar refractivity (Wildman–Crippen MR) is 95.7 cm³/mol. The van der Waals surface area contributed by atoms with Crippen molar-refractivity contribution in [2.24, 2.45) is 5.73 Å². The highest BCUT2D eigenvalue weighted by Crippen LogP contribution is 2.37. The Hall–Kier alpha value is -2.52. The standard InChI is InChI=1S/C15H12ClF3N4OS/c16-10-5-8(15(17,18)19)6-11(12(10)20)23-14(25)22-9-3-1-7(2-4-9)13(21)24/h1-6H,20H2,(H2,21,24)(H2,22,23,25). The van der Waals surface area contributed by atoms with Gasteiger partial charge in [-0.3, -0.25) is 4.79 Å². The van der Waals surface area contributed by atoms with Crippen molar-refractivity contribution in [3.63, 3.8) is 0 Å². The minimum atomic E-state index is -4.58. The molecule has 25 heavy (non-hydrogen) atoms. The summed E-state index contributed by atoms with van der Waals surface area (Å²) in [6.45, 7) is 0. The molecule has 0 heterocycles. The topological polar surface area (TPSA) is 93.2 Å². The third-order valence-electron chi connectivity index (χ3n) is 3.13. The number of hydrogen-bond acceptors (Lipinski definition) is 3. The molecule has 0 aliphatic carbocycles. The van der Waals surface area contributed by atoms with Crippen molar-refractivity contribution >= 4 is 51.9 Å². The Labute approximate surface area is 151 Å². The van der Waals surface area contributed by atoms with E-state index in [0.29, 0.717) is 11.3 Å². The number of anilines is 3. The monoisotopic (exact) mass is 388 g/mol. The summed E-state index contributed by atoms with van der Waals surface area (Å²) in [4.78, 5) is 11.0. The number of nitrogen functional groups attached to an aromatic ring is 1. The van der Waals surface area contributed by atoms with Crippen LogP contribution in [0.15, 0.2) is 36.4 Å². The average Bonchev–Trinajstić information content (AvgIpc) is 2.51. The van der Waals surface area contributed by atoms with Crippen LogP contribution < -0.4 is 22.1 Å². The van der Waals surface area contributed by atoms with Gasteiger partial charge in [0.1, 0.15) is 0 Å². The summed E-state index contributed by atoms with van der Waals surface area (Å²) in [5, 5.41) is 5.07. The van der Waals surface area contributed by atoms with Crippen LogP contribution in [0.3, 0.4) is 0 Å². The molecule has 0 atom stereocenters. The van der Waals surface area contributed by atoms with Crippen molar-refractivity contribution in [3.8, 4) is 0 Å². The number of amides is 1. The quantitative estimate of drug-likeness (QED) is 0.473. The van der Waals surface area contributed by atoms with E-state index in [9.17, 15) is 18.0 Å². The second-order valence-corrected chi connectivity index (χ2v) is 5.75. The van der Waals surface area contributed by atoms with E-state index in [1.54, 1.807) is 0 Å². The number of alkyl halides is 3. The van der Waals surface area contributed by atoms with Gasteiger partial charge in [0.25, 0.3) is 0 Å². The van der Waals surface area contributed by atoms with Crippen LogP contribution in [-0.4, -0.2) is 11.0 Å². The molecule has 0 radical (unpaired) electrons. The summed E-state index contributed by atoms with van der Waals surface area (Å²) in [6, 6.07) is 7.57. The highest BCUT2D eigenvalue weighted by Gasteiger charge is 2.32. The number of carbonyl (C=O) groups excluding carboxylic acids is 1. The van der Waals surface area contributed by atoms with Crippen molar-refractivity contribution in [2.45, 2.75) is 6.18 Å². The maximum Gasteiger partial charge on any atom is 0.416 e. The van der Waals surface area contributed by atoms with Gasteiger partial charge in [-0.2, -0.15) is 13.2 Å². The smallest absolute Gasteiger partial charge is 0.396 e. The van der Waals surface area contributed by atoms with Gasteiger partial charge < -0.3 is 22.1 Å². The highest BCUT2D eigenvalue weighted by molar-refractivity contribution is 7.80. The molecule has 132 valence electrons. The average molecular weight is 389 g/mol. The van der Waals surface area contributed by atoms with E-state index < -0.39 is 17.6 Å². The van der Waals surface area contributed by atoms with Crippen LogP contribution in [-0.2, 0) is 6.18 Å². The SMILES string of the molecule is NC(=O)c1ccc(NC(=S)Nc2cc(C(F)(F)F)cc(Cl)c2N)cc1. The molecule has 0 spiro atoms. The van der Waals surface area contributed by atoms with E-state index >= 15 is 0 Å². The fraction of sp³-hybridized carbons (Fsp3) is 0.0667. The van der Waals surface area contributed by atoms with Gasteiger partial charge in [0.05, 0.1) is 22.0 Å². The fourth-order valence-corrected chi connectivity index (χ4v) is 2.33. The zero-order chi connectivity index (χ0) is 18.8. The van der Waals surface area contributed by atoms with Gasteiger partial charge in [-0.05, 0) is 48.6 Å². The first-order valence-electron chi connectivity index (χ1n) is 6.72. The molecule has 2 aromatic rings. The fourth-order valence-electron chi connectivity index (χ4n) is 1.89. The summed E-state index contributed by atoms with van der Waals surface area (Å²) in [6.07, 6.45) is -4.58. The number of rotatable bonds is 3. The number of carbonyl (C=O) groups is 1. The van der Waals surface area contributed by atoms with Gasteiger partial charge in [0.15, 0.2) is 5.11 Å². The minimum Gasteiger partial charge on any atom is -0.396 e. The lowest BCUT2D eigenvalue weighted by Gasteiger charge is -2.16. The highest BCUT2D eigenvalue weighted by atomic mass is 35.5. The molecule has 2 aromatic carbocycles.